The van der Waals surface area contributed by atoms with Crippen molar-refractivity contribution in [3.8, 4) is 0 Å². The smallest absolute Gasteiger partial charge is 0.337 e. The summed E-state index contributed by atoms with van der Waals surface area (Å²) in [6.07, 6.45) is 3.44. The second kappa shape index (κ2) is 6.08. The number of esters is 1. The monoisotopic (exact) mass is 281 g/mol. The first-order chi connectivity index (χ1) is 9.17. The molecule has 0 spiro atoms. The van der Waals surface area contributed by atoms with E-state index < -0.39 is 0 Å². The van der Waals surface area contributed by atoms with Crippen LogP contribution in [0.2, 0.25) is 0 Å². The Bertz CT molecular complexity index is 592. The molecular weight excluding hydrogens is 266 g/mol. The summed E-state index contributed by atoms with van der Waals surface area (Å²) in [6.45, 7) is 0.674. The number of rotatable bonds is 5. The third kappa shape index (κ3) is 2.91. The molecule has 0 aliphatic carbocycles. The highest BCUT2D eigenvalue weighted by atomic mass is 35.5. The number of hydrogen-bond acceptors (Lipinski definition) is 3. The third-order valence-corrected chi connectivity index (χ3v) is 3.31. The summed E-state index contributed by atoms with van der Waals surface area (Å²) in [5.74, 6) is -0.336. The molecule has 5 heteroatoms. The molecule has 0 amide bonds. The fourth-order valence-corrected chi connectivity index (χ4v) is 2.42. The number of aromatic nitrogens is 1. The van der Waals surface area contributed by atoms with Gasteiger partial charge in [0.05, 0.1) is 18.2 Å². The van der Waals surface area contributed by atoms with Crippen molar-refractivity contribution in [2.45, 2.75) is 12.8 Å². The topological polar surface area (TPSA) is 40.5 Å². The molecule has 0 bridgehead atoms. The fourth-order valence-electron chi connectivity index (χ4n) is 2.16. The van der Waals surface area contributed by atoms with Gasteiger partial charge >= 0.3 is 5.97 Å². The van der Waals surface area contributed by atoms with Crippen LogP contribution in [0.15, 0.2) is 24.4 Å². The van der Waals surface area contributed by atoms with Crippen LogP contribution in [0.5, 0.6) is 0 Å². The predicted octanol–water partition coefficient (Wildman–Crippen LogP) is 3.01. The Balaban J connectivity index is 2.44. The highest BCUT2D eigenvalue weighted by Crippen LogP contribution is 2.25. The molecule has 1 aromatic carbocycles. The number of benzene rings is 1. The maximum atomic E-state index is 11.7. The number of fused-ring (bicyclic) bond motifs is 1. The summed E-state index contributed by atoms with van der Waals surface area (Å²) in [4.78, 5) is 11.7. The zero-order valence-corrected chi connectivity index (χ0v) is 11.7. The third-order valence-electron chi connectivity index (χ3n) is 3.03. The lowest BCUT2D eigenvalue weighted by Gasteiger charge is -2.08. The zero-order chi connectivity index (χ0) is 13.8. The van der Waals surface area contributed by atoms with E-state index in [4.69, 9.17) is 21.3 Å². The highest BCUT2D eigenvalue weighted by Gasteiger charge is 2.13. The molecule has 0 radical (unpaired) electrons. The van der Waals surface area contributed by atoms with Gasteiger partial charge in [-0.3, -0.25) is 4.09 Å². The Hall–Kier alpha value is -1.52. The van der Waals surface area contributed by atoms with E-state index in [0.717, 1.165) is 29.3 Å². The summed E-state index contributed by atoms with van der Waals surface area (Å²) >= 11 is 6.13. The van der Waals surface area contributed by atoms with Gasteiger partial charge in [-0.05, 0) is 36.6 Å². The molecule has 2 rings (SSSR count). The van der Waals surface area contributed by atoms with E-state index in [2.05, 4.69) is 0 Å². The number of nitrogens with zero attached hydrogens (tertiary/aromatic N) is 1. The first kappa shape index (κ1) is 13.9. The second-order valence-corrected chi connectivity index (χ2v) is 4.65. The van der Waals surface area contributed by atoms with Crippen molar-refractivity contribution in [3.05, 3.63) is 35.5 Å². The summed E-state index contributed by atoms with van der Waals surface area (Å²) in [5.41, 5.74) is 2.51. The molecule has 1 heterocycles. The maximum absolute atomic E-state index is 11.7. The largest absolute Gasteiger partial charge is 0.465 e. The van der Waals surface area contributed by atoms with Gasteiger partial charge in [0.2, 0.25) is 0 Å². The van der Waals surface area contributed by atoms with E-state index in [1.807, 2.05) is 12.1 Å². The van der Waals surface area contributed by atoms with Gasteiger partial charge in [0, 0.05) is 37.1 Å². The molecule has 0 fully saturated rings. The van der Waals surface area contributed by atoms with Crippen LogP contribution in [0.4, 0.5) is 0 Å². The molecule has 19 heavy (non-hydrogen) atoms. The standard InChI is InChI=1S/C14H16ClNO3/c1-18-7-3-4-10-8-12(14(17)19-2)9-11-5-6-16(15)13(10)11/h5-6,8-9H,3-4,7H2,1-2H3. The molecule has 0 atom stereocenters. The average molecular weight is 282 g/mol. The molecular formula is C14H16ClNO3. The molecule has 2 aromatic rings. The number of aryl methyl sites for hydroxylation is 1. The Kier molecular flexibility index (Phi) is 4.45. The number of hydrogen-bond donors (Lipinski definition) is 0. The molecule has 0 unspecified atom stereocenters. The molecule has 0 saturated heterocycles. The molecule has 0 N–H and O–H groups in total. The van der Waals surface area contributed by atoms with Crippen molar-refractivity contribution in [2.75, 3.05) is 20.8 Å². The molecule has 0 aliphatic rings. The molecule has 102 valence electrons. The quantitative estimate of drug-likeness (QED) is 0.625. The van der Waals surface area contributed by atoms with E-state index >= 15 is 0 Å². The van der Waals surface area contributed by atoms with Crippen LogP contribution in [-0.4, -0.2) is 30.9 Å². The number of methoxy groups -OCH3 is 2. The van der Waals surface area contributed by atoms with Crippen LogP contribution in [0.3, 0.4) is 0 Å². The highest BCUT2D eigenvalue weighted by molar-refractivity contribution is 6.19. The Morgan fingerprint density at radius 3 is 2.84 bits per heavy atom. The number of halogens is 1. The van der Waals surface area contributed by atoms with Crippen LogP contribution in [0.1, 0.15) is 22.3 Å². The van der Waals surface area contributed by atoms with Gasteiger partial charge in [-0.2, -0.15) is 0 Å². The first-order valence-electron chi connectivity index (χ1n) is 6.04. The summed E-state index contributed by atoms with van der Waals surface area (Å²) < 4.78 is 11.4. The van der Waals surface area contributed by atoms with Gasteiger partial charge in [-0.25, -0.2) is 4.79 Å². The van der Waals surface area contributed by atoms with Crippen molar-refractivity contribution in [1.82, 2.24) is 4.09 Å². The summed E-state index contributed by atoms with van der Waals surface area (Å²) in [6, 6.07) is 5.51. The van der Waals surface area contributed by atoms with Gasteiger partial charge in [-0.1, -0.05) is 0 Å². The van der Waals surface area contributed by atoms with E-state index in [0.29, 0.717) is 12.2 Å². The average Bonchev–Trinajstić information content (AvgIpc) is 2.80. The summed E-state index contributed by atoms with van der Waals surface area (Å²) in [7, 11) is 3.05. The Labute approximate surface area is 117 Å². The lowest BCUT2D eigenvalue weighted by atomic mass is 10.0. The van der Waals surface area contributed by atoms with Crippen LogP contribution in [0, 0.1) is 0 Å². The van der Waals surface area contributed by atoms with Crippen LogP contribution in [0.25, 0.3) is 10.9 Å². The van der Waals surface area contributed by atoms with E-state index in [1.165, 1.54) is 7.11 Å². The normalized spacial score (nSPS) is 10.9. The van der Waals surface area contributed by atoms with E-state index in [1.54, 1.807) is 23.5 Å². The van der Waals surface area contributed by atoms with Gasteiger partial charge in [0.1, 0.15) is 0 Å². The van der Waals surface area contributed by atoms with Crippen LogP contribution in [-0.2, 0) is 15.9 Å². The second-order valence-electron chi connectivity index (χ2n) is 4.29. The molecule has 1 aromatic heterocycles. The Morgan fingerprint density at radius 2 is 2.16 bits per heavy atom. The van der Waals surface area contributed by atoms with Gasteiger partial charge < -0.3 is 9.47 Å². The lowest BCUT2D eigenvalue weighted by Crippen LogP contribution is -2.03. The molecule has 0 saturated carbocycles. The predicted molar refractivity (Wildman–Crippen MR) is 74.7 cm³/mol. The lowest BCUT2D eigenvalue weighted by molar-refractivity contribution is 0.0601. The van der Waals surface area contributed by atoms with Crippen molar-refractivity contribution >= 4 is 28.6 Å². The Morgan fingerprint density at radius 1 is 1.37 bits per heavy atom. The van der Waals surface area contributed by atoms with Crippen LogP contribution < -0.4 is 0 Å². The molecule has 4 nitrogen and oxygen atoms in total. The first-order valence-corrected chi connectivity index (χ1v) is 6.38. The van der Waals surface area contributed by atoms with Crippen molar-refractivity contribution in [1.29, 1.82) is 0 Å². The SMILES string of the molecule is COCCCc1cc(C(=O)OC)cc2ccn(Cl)c12. The van der Waals surface area contributed by atoms with Gasteiger partial charge in [0.15, 0.2) is 0 Å². The number of carbonyl (C=O) groups excluding carboxylic acids is 1. The van der Waals surface area contributed by atoms with E-state index in [-0.39, 0.29) is 5.97 Å². The van der Waals surface area contributed by atoms with Crippen molar-refractivity contribution in [3.63, 3.8) is 0 Å². The minimum absolute atomic E-state index is 0.336. The minimum Gasteiger partial charge on any atom is -0.465 e. The van der Waals surface area contributed by atoms with Crippen LogP contribution >= 0.6 is 11.8 Å². The van der Waals surface area contributed by atoms with Gasteiger partial charge in [-0.15, -0.1) is 0 Å². The summed E-state index contributed by atoms with van der Waals surface area (Å²) in [5, 5.41) is 0.935. The zero-order valence-electron chi connectivity index (χ0n) is 11.0. The fraction of sp³-hybridized carbons (Fsp3) is 0.357. The maximum Gasteiger partial charge on any atom is 0.337 e. The van der Waals surface area contributed by atoms with E-state index in [9.17, 15) is 4.79 Å². The molecule has 0 aliphatic heterocycles. The number of ether oxygens (including phenoxy) is 2. The van der Waals surface area contributed by atoms with Crippen molar-refractivity contribution < 1.29 is 14.3 Å². The van der Waals surface area contributed by atoms with Gasteiger partial charge in [0.25, 0.3) is 0 Å². The van der Waals surface area contributed by atoms with Crippen molar-refractivity contribution in [2.24, 2.45) is 0 Å². The number of carbonyl (C=O) groups is 1. The minimum atomic E-state index is -0.336.